The number of carboxylic acid groups (broad SMARTS) is 1. The Hall–Kier alpha value is -1.85. The number of aryl methyl sites for hydroxylation is 1. The van der Waals surface area contributed by atoms with Crippen molar-refractivity contribution in [2.24, 2.45) is 0 Å². The zero-order valence-electron chi connectivity index (χ0n) is 11.6. The molecule has 2 N–H and O–H groups in total. The molecule has 6 nitrogen and oxygen atoms in total. The molecule has 0 bridgehead atoms. The van der Waals surface area contributed by atoms with Crippen LogP contribution in [0.3, 0.4) is 0 Å². The van der Waals surface area contributed by atoms with Gasteiger partial charge in [0.1, 0.15) is 17.7 Å². The summed E-state index contributed by atoms with van der Waals surface area (Å²) in [5.41, 5.74) is 0. The maximum Gasteiger partial charge on any atom is 0.326 e. The lowest BCUT2D eigenvalue weighted by atomic mass is 10.1. The van der Waals surface area contributed by atoms with Gasteiger partial charge in [0.05, 0.1) is 6.61 Å². The summed E-state index contributed by atoms with van der Waals surface area (Å²) in [5.74, 6) is 0.618. The van der Waals surface area contributed by atoms with Gasteiger partial charge in [0.15, 0.2) is 0 Å². The van der Waals surface area contributed by atoms with Crippen molar-refractivity contribution >= 4 is 11.8 Å². The minimum Gasteiger partial charge on any atom is -0.480 e. The van der Waals surface area contributed by atoms with Crippen molar-refractivity contribution in [1.82, 2.24) is 9.97 Å². The second-order valence-corrected chi connectivity index (χ2v) is 4.25. The number of hydrogen-bond acceptors (Lipinski definition) is 5. The molecule has 0 fully saturated rings. The van der Waals surface area contributed by atoms with Crippen LogP contribution in [0.1, 0.15) is 38.9 Å². The average Bonchev–Trinajstić information content (AvgIpc) is 2.33. The minimum absolute atomic E-state index is 0.456. The highest BCUT2D eigenvalue weighted by Crippen LogP contribution is 2.15. The largest absolute Gasteiger partial charge is 0.480 e. The molecule has 0 aliphatic carbocycles. The van der Waals surface area contributed by atoms with E-state index in [2.05, 4.69) is 15.3 Å². The molecule has 106 valence electrons. The van der Waals surface area contributed by atoms with E-state index in [4.69, 9.17) is 9.84 Å². The first kappa shape index (κ1) is 15.2. The fraction of sp³-hybridized carbons (Fsp3) is 0.615. The quantitative estimate of drug-likeness (QED) is 0.751. The van der Waals surface area contributed by atoms with Crippen molar-refractivity contribution in [2.45, 2.75) is 46.1 Å². The summed E-state index contributed by atoms with van der Waals surface area (Å²) >= 11 is 0. The molecule has 0 aromatic carbocycles. The monoisotopic (exact) mass is 267 g/mol. The highest BCUT2D eigenvalue weighted by atomic mass is 16.5. The van der Waals surface area contributed by atoms with E-state index < -0.39 is 12.0 Å². The van der Waals surface area contributed by atoms with Crippen molar-refractivity contribution < 1.29 is 14.6 Å². The number of unbranched alkanes of at least 4 members (excludes halogenated alkanes) is 1. The Morgan fingerprint density at radius 2 is 2.21 bits per heavy atom. The van der Waals surface area contributed by atoms with Crippen LogP contribution in [-0.4, -0.2) is 33.7 Å². The topological polar surface area (TPSA) is 84.3 Å². The molecular weight excluding hydrogens is 246 g/mol. The maximum atomic E-state index is 11.2. The molecule has 1 atom stereocenters. The van der Waals surface area contributed by atoms with Crippen LogP contribution in [-0.2, 0) is 4.79 Å². The van der Waals surface area contributed by atoms with E-state index in [0.29, 0.717) is 30.5 Å². The third-order valence-corrected chi connectivity index (χ3v) is 2.57. The Bertz CT molecular complexity index is 424. The Morgan fingerprint density at radius 1 is 1.47 bits per heavy atom. The summed E-state index contributed by atoms with van der Waals surface area (Å²) in [4.78, 5) is 19.5. The molecule has 1 aromatic rings. The number of aliphatic carboxylic acids is 1. The molecule has 0 spiro atoms. The summed E-state index contributed by atoms with van der Waals surface area (Å²) in [6.07, 6.45) is 2.38. The van der Waals surface area contributed by atoms with Gasteiger partial charge >= 0.3 is 5.97 Å². The van der Waals surface area contributed by atoms with Crippen LogP contribution in [0.15, 0.2) is 6.07 Å². The first-order valence-corrected chi connectivity index (χ1v) is 6.54. The highest BCUT2D eigenvalue weighted by Gasteiger charge is 2.17. The van der Waals surface area contributed by atoms with Gasteiger partial charge in [-0.15, -0.1) is 0 Å². The van der Waals surface area contributed by atoms with Gasteiger partial charge in [0, 0.05) is 6.07 Å². The van der Waals surface area contributed by atoms with Crippen LogP contribution < -0.4 is 10.1 Å². The van der Waals surface area contributed by atoms with E-state index in [0.717, 1.165) is 12.8 Å². The summed E-state index contributed by atoms with van der Waals surface area (Å²) in [6, 6.07) is 0.988. The first-order chi connectivity index (χ1) is 9.06. The highest BCUT2D eigenvalue weighted by molar-refractivity contribution is 5.76. The van der Waals surface area contributed by atoms with Gasteiger partial charge in [-0.1, -0.05) is 19.8 Å². The second kappa shape index (κ2) is 7.56. The molecule has 0 amide bonds. The lowest BCUT2D eigenvalue weighted by molar-refractivity contribution is -0.138. The zero-order valence-corrected chi connectivity index (χ0v) is 11.6. The summed E-state index contributed by atoms with van der Waals surface area (Å²) in [6.45, 7) is 6.15. The third-order valence-electron chi connectivity index (χ3n) is 2.57. The first-order valence-electron chi connectivity index (χ1n) is 6.54. The number of ether oxygens (including phenoxy) is 1. The van der Waals surface area contributed by atoms with Crippen LogP contribution >= 0.6 is 0 Å². The van der Waals surface area contributed by atoms with E-state index in [-0.39, 0.29) is 0 Å². The van der Waals surface area contributed by atoms with Crippen LogP contribution in [0.4, 0.5) is 5.82 Å². The van der Waals surface area contributed by atoms with E-state index in [1.807, 2.05) is 13.8 Å². The Labute approximate surface area is 113 Å². The van der Waals surface area contributed by atoms with Gasteiger partial charge < -0.3 is 15.2 Å². The van der Waals surface area contributed by atoms with Crippen molar-refractivity contribution in [3.8, 4) is 5.88 Å². The minimum atomic E-state index is -0.873. The summed E-state index contributed by atoms with van der Waals surface area (Å²) in [5, 5.41) is 12.1. The molecule has 1 heterocycles. The van der Waals surface area contributed by atoms with Gasteiger partial charge in [-0.05, 0) is 20.3 Å². The van der Waals surface area contributed by atoms with Crippen LogP contribution in [0.5, 0.6) is 5.88 Å². The normalized spacial score (nSPS) is 11.9. The molecule has 6 heteroatoms. The fourth-order valence-corrected chi connectivity index (χ4v) is 1.68. The molecule has 0 radical (unpaired) electrons. The lowest BCUT2D eigenvalue weighted by Crippen LogP contribution is -2.29. The van der Waals surface area contributed by atoms with Crippen molar-refractivity contribution in [1.29, 1.82) is 0 Å². The molecule has 1 unspecified atom stereocenters. The number of aromatic nitrogens is 2. The smallest absolute Gasteiger partial charge is 0.326 e. The lowest BCUT2D eigenvalue weighted by Gasteiger charge is -2.15. The van der Waals surface area contributed by atoms with Gasteiger partial charge in [-0.3, -0.25) is 0 Å². The van der Waals surface area contributed by atoms with E-state index in [1.165, 1.54) is 0 Å². The molecule has 1 rings (SSSR count). The number of nitrogens with one attached hydrogen (secondary N) is 1. The number of anilines is 1. The number of carbonyl (C=O) groups is 1. The molecule has 0 aliphatic rings. The summed E-state index contributed by atoms with van der Waals surface area (Å²) in [7, 11) is 0. The van der Waals surface area contributed by atoms with Crippen LogP contribution in [0.25, 0.3) is 0 Å². The van der Waals surface area contributed by atoms with E-state index in [1.54, 1.807) is 13.0 Å². The number of carboxylic acids is 1. The standard InChI is InChI=1S/C13H21N3O3/c1-4-6-7-10(13(17)18)16-11-8-12(19-5-2)15-9(3)14-11/h8,10H,4-7H2,1-3H3,(H,17,18)(H,14,15,16). The fourth-order valence-electron chi connectivity index (χ4n) is 1.68. The van der Waals surface area contributed by atoms with Crippen molar-refractivity contribution in [3.63, 3.8) is 0 Å². The van der Waals surface area contributed by atoms with E-state index in [9.17, 15) is 4.79 Å². The third kappa shape index (κ3) is 5.11. The van der Waals surface area contributed by atoms with Gasteiger partial charge in [-0.2, -0.15) is 4.98 Å². The number of nitrogens with zero attached hydrogens (tertiary/aromatic N) is 2. The average molecular weight is 267 g/mol. The molecule has 0 saturated carbocycles. The van der Waals surface area contributed by atoms with Gasteiger partial charge in [0.25, 0.3) is 0 Å². The predicted molar refractivity (Wildman–Crippen MR) is 72.5 cm³/mol. The van der Waals surface area contributed by atoms with E-state index >= 15 is 0 Å². The predicted octanol–water partition coefficient (Wildman–Crippen LogP) is 2.24. The van der Waals surface area contributed by atoms with Crippen molar-refractivity contribution in [2.75, 3.05) is 11.9 Å². The second-order valence-electron chi connectivity index (χ2n) is 4.25. The molecule has 0 saturated heterocycles. The Kier molecular flexibility index (Phi) is 6.05. The molecule has 0 aliphatic heterocycles. The zero-order chi connectivity index (χ0) is 14.3. The van der Waals surface area contributed by atoms with Gasteiger partial charge in [-0.25, -0.2) is 9.78 Å². The molecule has 19 heavy (non-hydrogen) atoms. The maximum absolute atomic E-state index is 11.2. The molecular formula is C13H21N3O3. The number of hydrogen-bond donors (Lipinski definition) is 2. The summed E-state index contributed by atoms with van der Waals surface area (Å²) < 4.78 is 5.31. The Balaban J connectivity index is 2.80. The van der Waals surface area contributed by atoms with Crippen LogP contribution in [0, 0.1) is 6.92 Å². The van der Waals surface area contributed by atoms with Crippen molar-refractivity contribution in [3.05, 3.63) is 11.9 Å². The molecule has 1 aromatic heterocycles. The Morgan fingerprint density at radius 3 is 2.79 bits per heavy atom. The number of rotatable bonds is 8. The van der Waals surface area contributed by atoms with Crippen LogP contribution in [0.2, 0.25) is 0 Å². The van der Waals surface area contributed by atoms with Gasteiger partial charge in [0.2, 0.25) is 5.88 Å². The SMILES string of the molecule is CCCCC(Nc1cc(OCC)nc(C)n1)C(=O)O.